The molecule has 2 aromatic rings. The average molecular weight is 320 g/mol. The van der Waals surface area contributed by atoms with Crippen LogP contribution in [0.5, 0.6) is 0 Å². The van der Waals surface area contributed by atoms with Gasteiger partial charge in [0.1, 0.15) is 6.54 Å². The van der Waals surface area contributed by atoms with Crippen molar-refractivity contribution in [2.75, 3.05) is 4.72 Å². The zero-order chi connectivity index (χ0) is 14.9. The number of carboxylic acids is 1. The van der Waals surface area contributed by atoms with Gasteiger partial charge in [0, 0.05) is 13.2 Å². The second-order valence-corrected chi connectivity index (χ2v) is 5.85. The molecule has 0 amide bonds. The van der Waals surface area contributed by atoms with Gasteiger partial charge in [-0.05, 0) is 0 Å². The van der Waals surface area contributed by atoms with Gasteiger partial charge in [0.2, 0.25) is 0 Å². The fraction of sp³-hybridized carbons (Fsp3) is 0.222. The number of hydrogen-bond acceptors (Lipinski definition) is 5. The molecule has 0 aliphatic carbocycles. The van der Waals surface area contributed by atoms with E-state index >= 15 is 0 Å². The lowest BCUT2D eigenvalue weighted by Gasteiger charge is -2.06. The van der Waals surface area contributed by atoms with Crippen LogP contribution in [0.3, 0.4) is 0 Å². The molecule has 2 heterocycles. The van der Waals surface area contributed by atoms with Gasteiger partial charge in [-0.2, -0.15) is 18.6 Å². The third-order valence-electron chi connectivity index (χ3n) is 2.28. The molecule has 0 aromatic carbocycles. The smallest absolute Gasteiger partial charge is 0.325 e. The van der Waals surface area contributed by atoms with Crippen LogP contribution in [0.4, 0.5) is 5.69 Å². The molecule has 0 atom stereocenters. The maximum atomic E-state index is 12.1. The molecule has 0 saturated carbocycles. The third-order valence-corrected chi connectivity index (χ3v) is 4.17. The predicted octanol–water partition coefficient (Wildman–Crippen LogP) is 0.155. The van der Waals surface area contributed by atoms with E-state index in [1.165, 1.54) is 25.6 Å². The molecule has 11 heteroatoms. The second-order valence-electron chi connectivity index (χ2n) is 3.85. The number of carboxylic acid groups (broad SMARTS) is 1. The number of anilines is 1. The summed E-state index contributed by atoms with van der Waals surface area (Å²) < 4.78 is 28.7. The Balaban J connectivity index is 2.25. The van der Waals surface area contributed by atoms with E-state index in [0.29, 0.717) is 0 Å². The maximum Gasteiger partial charge on any atom is 0.325 e. The van der Waals surface area contributed by atoms with Crippen LogP contribution >= 0.6 is 11.6 Å². The van der Waals surface area contributed by atoms with Gasteiger partial charge in [0.05, 0.1) is 23.1 Å². The molecule has 108 valence electrons. The fourth-order valence-electron chi connectivity index (χ4n) is 1.55. The summed E-state index contributed by atoms with van der Waals surface area (Å²) >= 11 is 5.77. The number of aliphatic carboxylic acids is 1. The van der Waals surface area contributed by atoms with Gasteiger partial charge in [0.25, 0.3) is 10.0 Å². The number of aryl methyl sites for hydroxylation is 1. The minimum Gasteiger partial charge on any atom is -0.480 e. The average Bonchev–Trinajstić information content (AvgIpc) is 2.85. The molecule has 0 aliphatic heterocycles. The highest BCUT2D eigenvalue weighted by atomic mass is 35.5. The van der Waals surface area contributed by atoms with Crippen molar-refractivity contribution in [3.05, 3.63) is 23.6 Å². The van der Waals surface area contributed by atoms with Crippen LogP contribution in [0.15, 0.2) is 23.6 Å². The summed E-state index contributed by atoms with van der Waals surface area (Å²) in [5.41, 5.74) is 0.128. The molecule has 0 bridgehead atoms. The standard InChI is InChI=1S/C9H10ClN5O4S/c1-14-9(7(10)3-11-14)20(18,19)13-6-2-12-15(4-6)5-8(16)17/h2-4,13H,5H2,1H3,(H,16,17). The number of sulfonamides is 1. The summed E-state index contributed by atoms with van der Waals surface area (Å²) in [6.45, 7) is -0.367. The lowest BCUT2D eigenvalue weighted by molar-refractivity contribution is -0.137. The van der Waals surface area contributed by atoms with Gasteiger partial charge < -0.3 is 5.11 Å². The summed E-state index contributed by atoms with van der Waals surface area (Å²) in [5.74, 6) is -1.09. The Morgan fingerprint density at radius 3 is 2.70 bits per heavy atom. The summed E-state index contributed by atoms with van der Waals surface area (Å²) in [4.78, 5) is 10.5. The third kappa shape index (κ3) is 2.91. The van der Waals surface area contributed by atoms with Gasteiger partial charge >= 0.3 is 5.97 Å². The zero-order valence-electron chi connectivity index (χ0n) is 10.2. The lowest BCUT2D eigenvalue weighted by atomic mass is 10.6. The number of halogens is 1. The molecule has 0 fully saturated rings. The van der Waals surface area contributed by atoms with Gasteiger partial charge in [-0.3, -0.25) is 18.9 Å². The van der Waals surface area contributed by atoms with E-state index in [4.69, 9.17) is 16.7 Å². The first-order valence-corrected chi connectivity index (χ1v) is 7.10. The minimum absolute atomic E-state index is 0.0158. The molecule has 0 unspecified atom stereocenters. The molecule has 0 aliphatic rings. The number of aromatic nitrogens is 4. The Morgan fingerprint density at radius 2 is 2.15 bits per heavy atom. The molecular formula is C9H10ClN5O4S. The predicted molar refractivity (Wildman–Crippen MR) is 68.9 cm³/mol. The van der Waals surface area contributed by atoms with Crippen LogP contribution < -0.4 is 4.72 Å². The first-order chi connectivity index (χ1) is 9.29. The Kier molecular flexibility index (Phi) is 3.68. The van der Waals surface area contributed by atoms with E-state index in [1.807, 2.05) is 0 Å². The number of nitrogens with zero attached hydrogens (tertiary/aromatic N) is 4. The van der Waals surface area contributed by atoms with E-state index in [9.17, 15) is 13.2 Å². The van der Waals surface area contributed by atoms with Crippen molar-refractivity contribution in [2.24, 2.45) is 7.05 Å². The molecule has 9 nitrogen and oxygen atoms in total. The topological polar surface area (TPSA) is 119 Å². The van der Waals surface area contributed by atoms with Crippen LogP contribution in [0.25, 0.3) is 0 Å². The number of hydrogen-bond donors (Lipinski definition) is 2. The molecule has 2 N–H and O–H groups in total. The van der Waals surface area contributed by atoms with Crippen molar-refractivity contribution in [3.63, 3.8) is 0 Å². The van der Waals surface area contributed by atoms with Crippen molar-refractivity contribution < 1.29 is 18.3 Å². The van der Waals surface area contributed by atoms with Gasteiger partial charge in [-0.1, -0.05) is 11.6 Å². The number of nitrogens with one attached hydrogen (secondary N) is 1. The van der Waals surface area contributed by atoms with E-state index in [2.05, 4.69) is 14.9 Å². The maximum absolute atomic E-state index is 12.1. The van der Waals surface area contributed by atoms with Crippen LogP contribution in [0.2, 0.25) is 5.02 Å². The Bertz CT molecular complexity index is 731. The molecule has 0 saturated heterocycles. The number of rotatable bonds is 5. The van der Waals surface area contributed by atoms with E-state index in [0.717, 1.165) is 9.36 Å². The van der Waals surface area contributed by atoms with Gasteiger partial charge in [0.15, 0.2) is 5.03 Å². The van der Waals surface area contributed by atoms with Gasteiger partial charge in [-0.15, -0.1) is 0 Å². The number of carbonyl (C=O) groups is 1. The molecular weight excluding hydrogens is 310 g/mol. The summed E-state index contributed by atoms with van der Waals surface area (Å²) in [7, 11) is -2.49. The second kappa shape index (κ2) is 5.13. The van der Waals surface area contributed by atoms with Crippen LogP contribution in [0, 0.1) is 0 Å². The summed E-state index contributed by atoms with van der Waals surface area (Å²) in [5, 5.41) is 15.9. The molecule has 2 aromatic heterocycles. The van der Waals surface area contributed by atoms with Crippen molar-refractivity contribution >= 4 is 33.3 Å². The highest BCUT2D eigenvalue weighted by Crippen LogP contribution is 2.22. The Hall–Kier alpha value is -2.07. The fourth-order valence-corrected chi connectivity index (χ4v) is 3.23. The molecule has 20 heavy (non-hydrogen) atoms. The Labute approximate surface area is 118 Å². The van der Waals surface area contributed by atoms with E-state index in [-0.39, 0.29) is 22.3 Å². The zero-order valence-corrected chi connectivity index (χ0v) is 11.8. The van der Waals surface area contributed by atoms with Crippen LogP contribution in [0.1, 0.15) is 0 Å². The summed E-state index contributed by atoms with van der Waals surface area (Å²) in [6, 6.07) is 0. The lowest BCUT2D eigenvalue weighted by Crippen LogP contribution is -2.17. The minimum atomic E-state index is -3.93. The SMILES string of the molecule is Cn1ncc(Cl)c1S(=O)(=O)Nc1cnn(CC(=O)O)c1. The Morgan fingerprint density at radius 1 is 1.45 bits per heavy atom. The van der Waals surface area contributed by atoms with Crippen molar-refractivity contribution in [3.8, 4) is 0 Å². The molecule has 2 rings (SSSR count). The quantitative estimate of drug-likeness (QED) is 0.810. The highest BCUT2D eigenvalue weighted by Gasteiger charge is 2.23. The van der Waals surface area contributed by atoms with Crippen molar-refractivity contribution in [1.29, 1.82) is 0 Å². The van der Waals surface area contributed by atoms with E-state index in [1.54, 1.807) is 0 Å². The monoisotopic (exact) mass is 319 g/mol. The van der Waals surface area contributed by atoms with Crippen LogP contribution in [-0.2, 0) is 28.4 Å². The van der Waals surface area contributed by atoms with Crippen LogP contribution in [-0.4, -0.2) is 39.1 Å². The normalized spacial score (nSPS) is 11.5. The highest BCUT2D eigenvalue weighted by molar-refractivity contribution is 7.92. The molecule has 0 spiro atoms. The first kappa shape index (κ1) is 14.3. The first-order valence-electron chi connectivity index (χ1n) is 5.24. The largest absolute Gasteiger partial charge is 0.480 e. The van der Waals surface area contributed by atoms with Crippen molar-refractivity contribution in [1.82, 2.24) is 19.6 Å². The van der Waals surface area contributed by atoms with Crippen molar-refractivity contribution in [2.45, 2.75) is 11.6 Å². The summed E-state index contributed by atoms with van der Waals surface area (Å²) in [6.07, 6.45) is 3.67. The molecule has 0 radical (unpaired) electrons. The van der Waals surface area contributed by atoms with E-state index < -0.39 is 16.0 Å². The van der Waals surface area contributed by atoms with Gasteiger partial charge in [-0.25, -0.2) is 0 Å².